The summed E-state index contributed by atoms with van der Waals surface area (Å²) >= 11 is 0. The number of carbonyl (C=O) groups excluding carboxylic acids is 1. The molecule has 1 aliphatic rings. The second-order valence-electron chi connectivity index (χ2n) is 5.79. The lowest BCUT2D eigenvalue weighted by atomic mass is 10.0. The number of piperidine rings is 1. The van der Waals surface area contributed by atoms with Crippen molar-refractivity contribution < 1.29 is 9.18 Å². The number of hydrogen-bond donors (Lipinski definition) is 1. The minimum absolute atomic E-state index is 0.00411. The van der Waals surface area contributed by atoms with Gasteiger partial charge in [0.15, 0.2) is 0 Å². The van der Waals surface area contributed by atoms with E-state index in [9.17, 15) is 9.18 Å². The number of benzene rings is 1. The first-order valence-electron chi connectivity index (χ1n) is 7.92. The zero-order valence-corrected chi connectivity index (χ0v) is 12.9. The average Bonchev–Trinajstić information content (AvgIpc) is 2.52. The summed E-state index contributed by atoms with van der Waals surface area (Å²) < 4.78 is 13.3. The second kappa shape index (κ2) is 7.55. The molecule has 2 rings (SSSR count). The predicted octanol–water partition coefficient (Wildman–Crippen LogP) is 3.27. The molecule has 1 aromatic rings. The van der Waals surface area contributed by atoms with E-state index in [0.29, 0.717) is 0 Å². The fourth-order valence-electron chi connectivity index (χ4n) is 2.93. The van der Waals surface area contributed by atoms with Crippen LogP contribution in [0, 0.1) is 5.82 Å². The molecule has 21 heavy (non-hydrogen) atoms. The molecular formula is C17H25FN2O. The summed E-state index contributed by atoms with van der Waals surface area (Å²) in [5.41, 5.74) is 0.899. The smallest absolute Gasteiger partial charge is 0.239 e. The van der Waals surface area contributed by atoms with E-state index >= 15 is 0 Å². The SMILES string of the molecule is CCC(NC(C)C(=O)N1CCCCC1)c1cccc(F)c1. The fourth-order valence-corrected chi connectivity index (χ4v) is 2.93. The molecule has 1 saturated heterocycles. The Morgan fingerprint density at radius 2 is 2.05 bits per heavy atom. The van der Waals surface area contributed by atoms with Gasteiger partial charge in [-0.1, -0.05) is 19.1 Å². The van der Waals surface area contributed by atoms with Gasteiger partial charge in [0.2, 0.25) is 5.91 Å². The molecule has 0 aromatic heterocycles. The zero-order valence-electron chi connectivity index (χ0n) is 12.9. The highest BCUT2D eigenvalue weighted by Gasteiger charge is 2.24. The van der Waals surface area contributed by atoms with Crippen molar-refractivity contribution in [2.45, 2.75) is 51.6 Å². The Morgan fingerprint density at radius 1 is 1.33 bits per heavy atom. The maximum Gasteiger partial charge on any atom is 0.239 e. The molecule has 0 aliphatic carbocycles. The topological polar surface area (TPSA) is 32.3 Å². The summed E-state index contributed by atoms with van der Waals surface area (Å²) in [7, 11) is 0. The Bertz CT molecular complexity index is 472. The zero-order chi connectivity index (χ0) is 15.2. The van der Waals surface area contributed by atoms with Gasteiger partial charge < -0.3 is 4.90 Å². The molecule has 2 unspecified atom stereocenters. The first-order valence-corrected chi connectivity index (χ1v) is 7.92. The van der Waals surface area contributed by atoms with E-state index in [0.717, 1.165) is 37.9 Å². The predicted molar refractivity (Wildman–Crippen MR) is 82.5 cm³/mol. The van der Waals surface area contributed by atoms with E-state index in [2.05, 4.69) is 5.32 Å². The van der Waals surface area contributed by atoms with Crippen LogP contribution in [0.2, 0.25) is 0 Å². The number of nitrogens with zero attached hydrogens (tertiary/aromatic N) is 1. The van der Waals surface area contributed by atoms with Crippen LogP contribution in [0.25, 0.3) is 0 Å². The molecule has 2 atom stereocenters. The van der Waals surface area contributed by atoms with Gasteiger partial charge in [0.1, 0.15) is 5.82 Å². The van der Waals surface area contributed by atoms with Crippen LogP contribution in [-0.4, -0.2) is 29.9 Å². The van der Waals surface area contributed by atoms with Crippen molar-refractivity contribution in [1.82, 2.24) is 10.2 Å². The number of likely N-dealkylation sites (tertiary alicyclic amines) is 1. The monoisotopic (exact) mass is 292 g/mol. The molecule has 1 heterocycles. The lowest BCUT2D eigenvalue weighted by molar-refractivity contribution is -0.134. The molecule has 1 aromatic carbocycles. The largest absolute Gasteiger partial charge is 0.341 e. The molecule has 4 heteroatoms. The van der Waals surface area contributed by atoms with Gasteiger partial charge in [-0.3, -0.25) is 10.1 Å². The molecule has 0 spiro atoms. The number of hydrogen-bond acceptors (Lipinski definition) is 2. The van der Waals surface area contributed by atoms with Crippen molar-refractivity contribution in [2.75, 3.05) is 13.1 Å². The molecular weight excluding hydrogens is 267 g/mol. The first-order chi connectivity index (χ1) is 10.1. The minimum atomic E-state index is -0.240. The van der Waals surface area contributed by atoms with Crippen LogP contribution in [0.1, 0.15) is 51.1 Å². The summed E-state index contributed by atoms with van der Waals surface area (Å²) in [6.07, 6.45) is 4.23. The third-order valence-corrected chi connectivity index (χ3v) is 4.15. The van der Waals surface area contributed by atoms with Gasteiger partial charge in [-0.15, -0.1) is 0 Å². The van der Waals surface area contributed by atoms with Crippen molar-refractivity contribution in [1.29, 1.82) is 0 Å². The third-order valence-electron chi connectivity index (χ3n) is 4.15. The average molecular weight is 292 g/mol. The maximum absolute atomic E-state index is 13.3. The Kier molecular flexibility index (Phi) is 5.74. The van der Waals surface area contributed by atoms with Crippen LogP contribution in [0.3, 0.4) is 0 Å². The number of rotatable bonds is 5. The van der Waals surface area contributed by atoms with Crippen LogP contribution < -0.4 is 5.32 Å². The van der Waals surface area contributed by atoms with Crippen LogP contribution in [0.15, 0.2) is 24.3 Å². The minimum Gasteiger partial charge on any atom is -0.341 e. The standard InChI is InChI=1S/C17H25FN2O/c1-3-16(14-8-7-9-15(18)12-14)19-13(2)17(21)20-10-5-4-6-11-20/h7-9,12-13,16,19H,3-6,10-11H2,1-2H3. The third kappa shape index (κ3) is 4.27. The second-order valence-corrected chi connectivity index (χ2v) is 5.79. The van der Waals surface area contributed by atoms with Gasteiger partial charge in [-0.2, -0.15) is 0 Å². The molecule has 1 N–H and O–H groups in total. The summed E-state index contributed by atoms with van der Waals surface area (Å²) in [6, 6.07) is 6.37. The van der Waals surface area contributed by atoms with E-state index in [4.69, 9.17) is 0 Å². The Hall–Kier alpha value is -1.42. The van der Waals surface area contributed by atoms with Gasteiger partial charge in [0.05, 0.1) is 6.04 Å². The number of amides is 1. The molecule has 3 nitrogen and oxygen atoms in total. The van der Waals surface area contributed by atoms with Gasteiger partial charge in [-0.05, 0) is 50.3 Å². The number of carbonyl (C=O) groups is 1. The van der Waals surface area contributed by atoms with Crippen molar-refractivity contribution in [3.63, 3.8) is 0 Å². The Balaban J connectivity index is 1.98. The summed E-state index contributed by atoms with van der Waals surface area (Å²) in [6.45, 7) is 5.67. The van der Waals surface area contributed by atoms with Gasteiger partial charge in [0, 0.05) is 19.1 Å². The van der Waals surface area contributed by atoms with E-state index in [1.807, 2.05) is 24.8 Å². The molecule has 1 amide bonds. The highest BCUT2D eigenvalue weighted by Crippen LogP contribution is 2.19. The van der Waals surface area contributed by atoms with E-state index in [1.165, 1.54) is 12.5 Å². The van der Waals surface area contributed by atoms with Crippen LogP contribution in [0.4, 0.5) is 4.39 Å². The summed E-state index contributed by atoms with van der Waals surface area (Å²) in [5, 5.41) is 3.35. The first kappa shape index (κ1) is 16.0. The van der Waals surface area contributed by atoms with E-state index in [-0.39, 0.29) is 23.8 Å². The lowest BCUT2D eigenvalue weighted by Crippen LogP contribution is -2.47. The van der Waals surface area contributed by atoms with Crippen molar-refractivity contribution >= 4 is 5.91 Å². The Morgan fingerprint density at radius 3 is 2.67 bits per heavy atom. The normalized spacial score (nSPS) is 18.3. The summed E-state index contributed by atoms with van der Waals surface area (Å²) in [4.78, 5) is 14.4. The molecule has 0 radical (unpaired) electrons. The van der Waals surface area contributed by atoms with Crippen molar-refractivity contribution in [3.05, 3.63) is 35.6 Å². The van der Waals surface area contributed by atoms with Crippen LogP contribution in [0.5, 0.6) is 0 Å². The lowest BCUT2D eigenvalue weighted by Gasteiger charge is -2.31. The molecule has 116 valence electrons. The van der Waals surface area contributed by atoms with Crippen molar-refractivity contribution in [2.24, 2.45) is 0 Å². The van der Waals surface area contributed by atoms with Gasteiger partial charge in [-0.25, -0.2) is 4.39 Å². The van der Waals surface area contributed by atoms with Crippen LogP contribution >= 0.6 is 0 Å². The Labute approximate surface area is 126 Å². The molecule has 1 aliphatic heterocycles. The highest BCUT2D eigenvalue weighted by atomic mass is 19.1. The van der Waals surface area contributed by atoms with Crippen molar-refractivity contribution in [3.8, 4) is 0 Å². The van der Waals surface area contributed by atoms with E-state index in [1.54, 1.807) is 12.1 Å². The number of nitrogens with one attached hydrogen (secondary N) is 1. The van der Waals surface area contributed by atoms with E-state index < -0.39 is 0 Å². The highest BCUT2D eigenvalue weighted by molar-refractivity contribution is 5.81. The van der Waals surface area contributed by atoms with Gasteiger partial charge in [0.25, 0.3) is 0 Å². The summed E-state index contributed by atoms with van der Waals surface area (Å²) in [5.74, 6) is -0.0766. The maximum atomic E-state index is 13.3. The van der Waals surface area contributed by atoms with Gasteiger partial charge >= 0.3 is 0 Å². The molecule has 1 fully saturated rings. The fraction of sp³-hybridized carbons (Fsp3) is 0.588. The van der Waals surface area contributed by atoms with Crippen LogP contribution in [-0.2, 0) is 4.79 Å². The quantitative estimate of drug-likeness (QED) is 0.903. The molecule has 0 saturated carbocycles. The molecule has 0 bridgehead atoms. The number of halogens is 1.